The lowest BCUT2D eigenvalue weighted by atomic mass is 9.70. The first-order chi connectivity index (χ1) is 20.1. The Bertz CT molecular complexity index is 1180. The number of halogens is 1. The van der Waals surface area contributed by atoms with Gasteiger partial charge in [-0.2, -0.15) is 0 Å². The van der Waals surface area contributed by atoms with Crippen molar-refractivity contribution in [2.75, 3.05) is 38.3 Å². The van der Waals surface area contributed by atoms with Gasteiger partial charge in [0.25, 0.3) is 5.91 Å². The highest BCUT2D eigenvalue weighted by molar-refractivity contribution is 9.09. The Morgan fingerprint density at radius 2 is 1.88 bits per heavy atom. The van der Waals surface area contributed by atoms with Gasteiger partial charge in [0, 0.05) is 30.1 Å². The Balaban J connectivity index is 1.84. The predicted octanol–water partition coefficient (Wildman–Crippen LogP) is 3.79. The van der Waals surface area contributed by atoms with Crippen LogP contribution in [-0.2, 0) is 19.1 Å². The number of carbonyl (C=O) groups is 3. The summed E-state index contributed by atoms with van der Waals surface area (Å²) < 4.78 is 12.0. The van der Waals surface area contributed by atoms with Crippen molar-refractivity contribution in [3.05, 3.63) is 49.6 Å². The van der Waals surface area contributed by atoms with Crippen LogP contribution in [0.1, 0.15) is 40.0 Å². The minimum atomic E-state index is -1.23. The quantitative estimate of drug-likeness (QED) is 0.244. The van der Waals surface area contributed by atoms with Crippen LogP contribution < -0.4 is 9.64 Å². The van der Waals surface area contributed by atoms with Crippen LogP contribution in [0.4, 0.5) is 5.69 Å². The van der Waals surface area contributed by atoms with Crippen LogP contribution in [0.2, 0.25) is 0 Å². The highest BCUT2D eigenvalue weighted by atomic mass is 79.9. The van der Waals surface area contributed by atoms with E-state index in [0.29, 0.717) is 37.4 Å². The summed E-state index contributed by atoms with van der Waals surface area (Å²) in [6, 6.07) is 5.48. The van der Waals surface area contributed by atoms with Gasteiger partial charge in [-0.3, -0.25) is 14.4 Å². The van der Waals surface area contributed by atoms with E-state index in [1.54, 1.807) is 58.2 Å². The molecule has 2 bridgehead atoms. The van der Waals surface area contributed by atoms with Crippen molar-refractivity contribution in [1.29, 1.82) is 0 Å². The number of alkyl halides is 1. The maximum atomic E-state index is 14.8. The van der Waals surface area contributed by atoms with E-state index in [0.717, 1.165) is 6.42 Å². The molecule has 3 fully saturated rings. The first kappa shape index (κ1) is 32.2. The number of aliphatic hydroxyl groups is 1. The number of likely N-dealkylation sites (tertiary alicyclic amines) is 1. The third-order valence-corrected chi connectivity index (χ3v) is 9.56. The average molecular weight is 647 g/mol. The van der Waals surface area contributed by atoms with Crippen LogP contribution in [0, 0.1) is 17.8 Å². The molecular formula is C32H44BrN3O6. The van der Waals surface area contributed by atoms with E-state index < -0.39 is 35.6 Å². The van der Waals surface area contributed by atoms with Crippen molar-refractivity contribution in [2.45, 2.75) is 68.6 Å². The smallest absolute Gasteiger partial charge is 0.253 e. The molecule has 1 aromatic rings. The van der Waals surface area contributed by atoms with Crippen LogP contribution in [0.25, 0.3) is 0 Å². The molecule has 3 saturated heterocycles. The monoisotopic (exact) mass is 645 g/mol. The number of hydrogen-bond acceptors (Lipinski definition) is 6. The Labute approximate surface area is 257 Å². The SMILES string of the molecule is C=CCN(CCC)C(=O)[C@H]1[C@H]2C(=O)N([C@@H](CO)CC(C)C)C(C(=O)N(CC=C)c3ccc(OC)cc3)C23CC(Br)[C@@H]1O3. The van der Waals surface area contributed by atoms with Crippen LogP contribution >= 0.6 is 15.9 Å². The van der Waals surface area contributed by atoms with Crippen LogP contribution in [0.15, 0.2) is 49.6 Å². The van der Waals surface area contributed by atoms with E-state index in [1.165, 1.54) is 0 Å². The van der Waals surface area contributed by atoms with E-state index >= 15 is 0 Å². The van der Waals surface area contributed by atoms with Gasteiger partial charge in [0.05, 0.1) is 37.7 Å². The molecule has 3 aliphatic heterocycles. The van der Waals surface area contributed by atoms with Crippen LogP contribution in [-0.4, -0.2) is 94.6 Å². The standard InChI is InChI=1S/C32H44BrN3O6/c1-7-14-34(15-8-2)29(38)25-26-30(39)36(22(19-37)17-20(4)5)28(32(26)18-24(33)27(25)42-32)31(40)35(16-9-3)21-10-12-23(41-6)13-11-21/h7,9-13,20,22,24-28,37H,1,3,8,14-19H2,2,4-6H3/t22-,24?,25+,26+,27+,28?,32?/m1/s1. The first-order valence-electron chi connectivity index (χ1n) is 14.8. The molecule has 7 atom stereocenters. The number of nitrogens with zero attached hydrogens (tertiary/aromatic N) is 3. The van der Waals surface area contributed by atoms with Crippen molar-refractivity contribution in [3.8, 4) is 5.75 Å². The Kier molecular flexibility index (Phi) is 10.2. The second kappa shape index (κ2) is 13.3. The normalized spacial score (nSPS) is 28.5. The molecule has 3 unspecified atom stereocenters. The zero-order valence-corrected chi connectivity index (χ0v) is 26.7. The fourth-order valence-corrected chi connectivity index (χ4v) is 8.07. The summed E-state index contributed by atoms with van der Waals surface area (Å²) in [7, 11) is 1.58. The maximum Gasteiger partial charge on any atom is 0.253 e. The van der Waals surface area contributed by atoms with Gasteiger partial charge in [-0.15, -0.1) is 13.2 Å². The van der Waals surface area contributed by atoms with Crippen molar-refractivity contribution in [1.82, 2.24) is 9.80 Å². The average Bonchev–Trinajstić information content (AvgIpc) is 3.57. The third kappa shape index (κ3) is 5.53. The zero-order chi connectivity index (χ0) is 30.8. The second-order valence-corrected chi connectivity index (χ2v) is 13.1. The number of hydrogen-bond donors (Lipinski definition) is 1. The van der Waals surface area contributed by atoms with E-state index in [-0.39, 0.29) is 41.6 Å². The van der Waals surface area contributed by atoms with E-state index in [9.17, 15) is 19.5 Å². The van der Waals surface area contributed by atoms with Gasteiger partial charge in [-0.1, -0.05) is 48.9 Å². The molecule has 1 N–H and O–H groups in total. The van der Waals surface area contributed by atoms with Gasteiger partial charge >= 0.3 is 0 Å². The van der Waals surface area contributed by atoms with Crippen LogP contribution in [0.3, 0.4) is 0 Å². The number of anilines is 1. The molecule has 0 aliphatic carbocycles. The van der Waals surface area contributed by atoms with Crippen molar-refractivity contribution in [3.63, 3.8) is 0 Å². The summed E-state index contributed by atoms with van der Waals surface area (Å²) in [6.45, 7) is 14.5. The summed E-state index contributed by atoms with van der Waals surface area (Å²) in [5.74, 6) is -1.60. The number of ether oxygens (including phenoxy) is 2. The Hall–Kier alpha value is -2.69. The number of methoxy groups -OCH3 is 1. The second-order valence-electron chi connectivity index (χ2n) is 11.9. The lowest BCUT2D eigenvalue weighted by Crippen LogP contribution is -2.59. The summed E-state index contributed by atoms with van der Waals surface area (Å²) >= 11 is 3.75. The summed E-state index contributed by atoms with van der Waals surface area (Å²) in [5, 5.41) is 10.6. The van der Waals surface area contributed by atoms with E-state index in [1.807, 2.05) is 20.8 Å². The van der Waals surface area contributed by atoms with Gasteiger partial charge in [0.15, 0.2) is 0 Å². The number of rotatable bonds is 14. The number of aliphatic hydroxyl groups excluding tert-OH is 1. The fourth-order valence-electron chi connectivity index (χ4n) is 7.13. The Morgan fingerprint density at radius 1 is 1.21 bits per heavy atom. The molecular weight excluding hydrogens is 602 g/mol. The zero-order valence-electron chi connectivity index (χ0n) is 25.1. The maximum absolute atomic E-state index is 14.8. The van der Waals surface area contributed by atoms with Gasteiger partial charge in [0.2, 0.25) is 11.8 Å². The van der Waals surface area contributed by atoms with Crippen molar-refractivity contribution < 1.29 is 29.0 Å². The largest absolute Gasteiger partial charge is 0.497 e. The Morgan fingerprint density at radius 3 is 2.43 bits per heavy atom. The highest BCUT2D eigenvalue weighted by Gasteiger charge is 2.77. The number of fused-ring (bicyclic) bond motifs is 1. The van der Waals surface area contributed by atoms with Gasteiger partial charge < -0.3 is 29.3 Å². The molecule has 4 rings (SSSR count). The fraction of sp³-hybridized carbons (Fsp3) is 0.594. The van der Waals surface area contributed by atoms with Gasteiger partial charge in [-0.25, -0.2) is 0 Å². The molecule has 1 aromatic carbocycles. The number of amides is 3. The number of carbonyl (C=O) groups excluding carboxylic acids is 3. The molecule has 10 heteroatoms. The molecule has 0 saturated carbocycles. The van der Waals surface area contributed by atoms with Crippen molar-refractivity contribution >= 4 is 39.3 Å². The third-order valence-electron chi connectivity index (χ3n) is 8.71. The van der Waals surface area contributed by atoms with Crippen LogP contribution in [0.5, 0.6) is 5.75 Å². The molecule has 3 aliphatic rings. The topological polar surface area (TPSA) is 99.6 Å². The molecule has 42 heavy (non-hydrogen) atoms. The first-order valence-corrected chi connectivity index (χ1v) is 15.7. The van der Waals surface area contributed by atoms with E-state index in [2.05, 4.69) is 29.1 Å². The highest BCUT2D eigenvalue weighted by Crippen LogP contribution is 2.61. The molecule has 3 heterocycles. The lowest BCUT2D eigenvalue weighted by Gasteiger charge is -2.40. The molecule has 230 valence electrons. The minimum absolute atomic E-state index is 0.153. The minimum Gasteiger partial charge on any atom is -0.497 e. The molecule has 0 aromatic heterocycles. The number of benzene rings is 1. The molecule has 3 amide bonds. The summed E-state index contributed by atoms with van der Waals surface area (Å²) in [4.78, 5) is 48.1. The van der Waals surface area contributed by atoms with Gasteiger partial charge in [-0.05, 0) is 49.4 Å². The molecule has 0 radical (unpaired) electrons. The molecule has 9 nitrogen and oxygen atoms in total. The lowest BCUT2D eigenvalue weighted by molar-refractivity contribution is -0.147. The summed E-state index contributed by atoms with van der Waals surface area (Å²) in [6.07, 6.45) is 4.41. The van der Waals surface area contributed by atoms with Gasteiger partial charge in [0.1, 0.15) is 17.4 Å². The van der Waals surface area contributed by atoms with E-state index in [4.69, 9.17) is 9.47 Å². The molecule has 1 spiro atoms. The predicted molar refractivity (Wildman–Crippen MR) is 165 cm³/mol. The summed E-state index contributed by atoms with van der Waals surface area (Å²) in [5.41, 5.74) is -0.608. The van der Waals surface area contributed by atoms with Crippen molar-refractivity contribution in [2.24, 2.45) is 17.8 Å².